The van der Waals surface area contributed by atoms with Gasteiger partial charge in [0.1, 0.15) is 5.82 Å². The lowest BCUT2D eigenvalue weighted by Crippen LogP contribution is -2.42. The van der Waals surface area contributed by atoms with Crippen LogP contribution in [0.25, 0.3) is 0 Å². The molecule has 2 nitrogen and oxygen atoms in total. The highest BCUT2D eigenvalue weighted by molar-refractivity contribution is 5.99. The molecule has 0 saturated carbocycles. The van der Waals surface area contributed by atoms with Crippen LogP contribution in [0.3, 0.4) is 0 Å². The van der Waals surface area contributed by atoms with E-state index < -0.39 is 0 Å². The summed E-state index contributed by atoms with van der Waals surface area (Å²) in [6.45, 7) is 1.82. The second kappa shape index (κ2) is 4.71. The van der Waals surface area contributed by atoms with E-state index in [0.29, 0.717) is 17.6 Å². The van der Waals surface area contributed by atoms with E-state index in [2.05, 4.69) is 11.9 Å². The molecule has 0 amide bonds. The summed E-state index contributed by atoms with van der Waals surface area (Å²) >= 11 is 0. The molecule has 2 unspecified atom stereocenters. The molecule has 2 saturated heterocycles. The number of aryl methyl sites for hydroxylation is 1. The average Bonchev–Trinajstić information content (AvgIpc) is 2.62. The van der Waals surface area contributed by atoms with Gasteiger partial charge < -0.3 is 4.90 Å². The van der Waals surface area contributed by atoms with Gasteiger partial charge in [-0.2, -0.15) is 0 Å². The highest BCUT2D eigenvalue weighted by Gasteiger charge is 2.41. The maximum absolute atomic E-state index is 13.9. The van der Waals surface area contributed by atoms with Crippen LogP contribution in [0, 0.1) is 18.7 Å². The lowest BCUT2D eigenvalue weighted by atomic mass is 9.84. The van der Waals surface area contributed by atoms with Crippen LogP contribution in [0.5, 0.6) is 0 Å². The highest BCUT2D eigenvalue weighted by Crippen LogP contribution is 2.39. The third-order valence-corrected chi connectivity index (χ3v) is 4.94. The number of carbonyl (C=O) groups excluding carboxylic acids is 1. The summed E-state index contributed by atoms with van der Waals surface area (Å²) in [7, 11) is 2.15. The molecule has 1 aromatic rings. The standard InChI is InChI=1S/C16H20FNO/c1-10-4-3-5-14(17)15(10)16(19)11-8-12-6-7-13(9-11)18(12)2/h3-5,11-13H,6-9H2,1-2H3. The molecule has 1 aromatic carbocycles. The van der Waals surface area contributed by atoms with Crippen molar-refractivity contribution in [2.24, 2.45) is 5.92 Å². The topological polar surface area (TPSA) is 20.3 Å². The third kappa shape index (κ3) is 2.10. The van der Waals surface area contributed by atoms with Crippen molar-refractivity contribution >= 4 is 5.78 Å². The number of rotatable bonds is 2. The molecule has 0 radical (unpaired) electrons. The first kappa shape index (κ1) is 12.8. The molecular weight excluding hydrogens is 241 g/mol. The van der Waals surface area contributed by atoms with Crippen molar-refractivity contribution in [2.75, 3.05) is 7.05 Å². The van der Waals surface area contributed by atoms with Gasteiger partial charge >= 0.3 is 0 Å². The molecule has 2 aliphatic heterocycles. The van der Waals surface area contributed by atoms with E-state index in [1.165, 1.54) is 18.9 Å². The predicted molar refractivity (Wildman–Crippen MR) is 72.8 cm³/mol. The lowest BCUT2D eigenvalue weighted by Gasteiger charge is -2.35. The minimum Gasteiger partial charge on any atom is -0.300 e. The molecule has 3 heteroatoms. The van der Waals surface area contributed by atoms with Crippen LogP contribution < -0.4 is 0 Å². The van der Waals surface area contributed by atoms with Gasteiger partial charge in [-0.3, -0.25) is 4.79 Å². The first-order chi connectivity index (χ1) is 9.08. The van der Waals surface area contributed by atoms with Crippen molar-refractivity contribution in [3.63, 3.8) is 0 Å². The zero-order valence-electron chi connectivity index (χ0n) is 11.5. The number of Topliss-reactive ketones (excluding diaryl/α,β-unsaturated/α-hetero) is 1. The third-order valence-electron chi connectivity index (χ3n) is 4.94. The quantitative estimate of drug-likeness (QED) is 0.762. The summed E-state index contributed by atoms with van der Waals surface area (Å²) in [5.41, 5.74) is 1.08. The van der Waals surface area contributed by atoms with E-state index in [-0.39, 0.29) is 17.5 Å². The summed E-state index contributed by atoms with van der Waals surface area (Å²) in [5, 5.41) is 0. The van der Waals surface area contributed by atoms with Crippen LogP contribution in [0.15, 0.2) is 18.2 Å². The first-order valence-corrected chi connectivity index (χ1v) is 7.09. The molecule has 0 aliphatic carbocycles. The van der Waals surface area contributed by atoms with Crippen LogP contribution >= 0.6 is 0 Å². The number of ketones is 1. The fourth-order valence-corrected chi connectivity index (χ4v) is 3.77. The maximum Gasteiger partial charge on any atom is 0.169 e. The number of halogens is 1. The van der Waals surface area contributed by atoms with E-state index in [4.69, 9.17) is 0 Å². The Morgan fingerprint density at radius 2 is 1.89 bits per heavy atom. The molecule has 2 fully saturated rings. The van der Waals surface area contributed by atoms with Crippen molar-refractivity contribution in [3.8, 4) is 0 Å². The first-order valence-electron chi connectivity index (χ1n) is 7.09. The Morgan fingerprint density at radius 1 is 1.26 bits per heavy atom. The van der Waals surface area contributed by atoms with Crippen LogP contribution in [0.1, 0.15) is 41.6 Å². The van der Waals surface area contributed by atoms with Crippen LogP contribution in [0.2, 0.25) is 0 Å². The van der Waals surface area contributed by atoms with Crippen molar-refractivity contribution in [1.82, 2.24) is 4.90 Å². The Balaban J connectivity index is 1.86. The smallest absolute Gasteiger partial charge is 0.169 e. The van der Waals surface area contributed by atoms with Gasteiger partial charge in [0.05, 0.1) is 5.56 Å². The minimum atomic E-state index is -0.365. The number of fused-ring (bicyclic) bond motifs is 2. The Kier molecular flexibility index (Phi) is 3.17. The van der Waals surface area contributed by atoms with Gasteiger partial charge in [-0.25, -0.2) is 4.39 Å². The molecular formula is C16H20FNO. The van der Waals surface area contributed by atoms with Crippen molar-refractivity contribution in [3.05, 3.63) is 35.1 Å². The Morgan fingerprint density at radius 3 is 2.47 bits per heavy atom. The fraction of sp³-hybridized carbons (Fsp3) is 0.562. The maximum atomic E-state index is 13.9. The van der Waals surface area contributed by atoms with Gasteiger partial charge in [0, 0.05) is 18.0 Å². The van der Waals surface area contributed by atoms with Gasteiger partial charge in [-0.15, -0.1) is 0 Å². The van der Waals surface area contributed by atoms with E-state index in [9.17, 15) is 9.18 Å². The molecule has 2 heterocycles. The predicted octanol–water partition coefficient (Wildman–Crippen LogP) is 3.19. The lowest BCUT2D eigenvalue weighted by molar-refractivity contribution is 0.0762. The Hall–Kier alpha value is -1.22. The number of benzene rings is 1. The fourth-order valence-electron chi connectivity index (χ4n) is 3.77. The summed E-state index contributed by atoms with van der Waals surface area (Å²) < 4.78 is 13.9. The Labute approximate surface area is 113 Å². The van der Waals surface area contributed by atoms with E-state index in [1.54, 1.807) is 6.07 Å². The monoisotopic (exact) mass is 261 g/mol. The SMILES string of the molecule is Cc1cccc(F)c1C(=O)C1CC2CCC(C1)N2C. The van der Waals surface area contributed by atoms with Gasteiger partial charge in [-0.05, 0) is 51.3 Å². The van der Waals surface area contributed by atoms with E-state index in [1.807, 2.05) is 13.0 Å². The number of hydrogen-bond donors (Lipinski definition) is 0. The molecule has 0 spiro atoms. The zero-order chi connectivity index (χ0) is 13.6. The second-order valence-corrected chi connectivity index (χ2v) is 6.01. The normalized spacial score (nSPS) is 30.6. The van der Waals surface area contributed by atoms with Crippen LogP contribution in [-0.4, -0.2) is 29.8 Å². The molecule has 102 valence electrons. The summed E-state index contributed by atoms with van der Waals surface area (Å²) in [6.07, 6.45) is 4.14. The summed E-state index contributed by atoms with van der Waals surface area (Å²) in [5.74, 6) is -0.346. The van der Waals surface area contributed by atoms with Crippen molar-refractivity contribution in [1.29, 1.82) is 0 Å². The number of carbonyl (C=O) groups is 1. The van der Waals surface area contributed by atoms with Crippen molar-refractivity contribution in [2.45, 2.75) is 44.7 Å². The van der Waals surface area contributed by atoms with Crippen LogP contribution in [-0.2, 0) is 0 Å². The molecule has 19 heavy (non-hydrogen) atoms. The zero-order valence-corrected chi connectivity index (χ0v) is 11.5. The second-order valence-electron chi connectivity index (χ2n) is 6.01. The summed E-state index contributed by atoms with van der Waals surface area (Å²) in [4.78, 5) is 15.0. The summed E-state index contributed by atoms with van der Waals surface area (Å²) in [6, 6.07) is 5.91. The minimum absolute atomic E-state index is 0.00398. The van der Waals surface area contributed by atoms with Gasteiger partial charge in [-0.1, -0.05) is 12.1 Å². The van der Waals surface area contributed by atoms with Crippen molar-refractivity contribution < 1.29 is 9.18 Å². The van der Waals surface area contributed by atoms with Gasteiger partial charge in [0.25, 0.3) is 0 Å². The van der Waals surface area contributed by atoms with Gasteiger partial charge in [0.2, 0.25) is 0 Å². The number of nitrogens with zero attached hydrogens (tertiary/aromatic N) is 1. The molecule has 3 rings (SSSR count). The molecule has 2 atom stereocenters. The number of piperidine rings is 1. The number of hydrogen-bond acceptors (Lipinski definition) is 2. The average molecular weight is 261 g/mol. The highest BCUT2D eigenvalue weighted by atomic mass is 19.1. The van der Waals surface area contributed by atoms with Crippen LogP contribution in [0.4, 0.5) is 4.39 Å². The molecule has 2 aliphatic rings. The molecule has 2 bridgehead atoms. The Bertz CT molecular complexity index is 479. The van der Waals surface area contributed by atoms with E-state index >= 15 is 0 Å². The largest absolute Gasteiger partial charge is 0.300 e. The molecule has 0 aromatic heterocycles. The van der Waals surface area contributed by atoms with Gasteiger partial charge in [0.15, 0.2) is 5.78 Å². The van der Waals surface area contributed by atoms with E-state index in [0.717, 1.165) is 18.4 Å². The molecule has 0 N–H and O–H groups in total.